The van der Waals surface area contributed by atoms with Gasteiger partial charge in [-0.25, -0.2) is 8.42 Å². The first-order valence-corrected chi connectivity index (χ1v) is 9.37. The summed E-state index contributed by atoms with van der Waals surface area (Å²) in [7, 11) is 1.48. The van der Waals surface area contributed by atoms with E-state index in [-0.39, 0.29) is 15.5 Å². The SMILES string of the molecule is CCC1(CNC(=O)c2csc(S(=O)(=O)Cl)c2)CCC1. The van der Waals surface area contributed by atoms with Crippen LogP contribution in [-0.4, -0.2) is 20.9 Å². The highest BCUT2D eigenvalue weighted by atomic mass is 35.7. The number of hydrogen-bond donors (Lipinski definition) is 1. The number of rotatable bonds is 5. The van der Waals surface area contributed by atoms with Gasteiger partial charge < -0.3 is 5.32 Å². The van der Waals surface area contributed by atoms with Gasteiger partial charge in [0.2, 0.25) is 0 Å². The predicted octanol–water partition coefficient (Wildman–Crippen LogP) is 2.99. The highest BCUT2D eigenvalue weighted by Gasteiger charge is 2.35. The maximum atomic E-state index is 11.9. The Morgan fingerprint density at radius 3 is 2.63 bits per heavy atom. The van der Waals surface area contributed by atoms with Crippen LogP contribution in [0.1, 0.15) is 43.0 Å². The highest BCUT2D eigenvalue weighted by molar-refractivity contribution is 8.15. The van der Waals surface area contributed by atoms with E-state index < -0.39 is 9.05 Å². The molecular weight excluding hydrogens is 306 g/mol. The normalized spacial score (nSPS) is 17.8. The van der Waals surface area contributed by atoms with E-state index in [1.165, 1.54) is 17.9 Å². The van der Waals surface area contributed by atoms with Crippen molar-refractivity contribution in [2.24, 2.45) is 5.41 Å². The van der Waals surface area contributed by atoms with Crippen LogP contribution in [0.3, 0.4) is 0 Å². The Labute approximate surface area is 121 Å². The number of thiophene rings is 1. The molecule has 106 valence electrons. The molecule has 2 rings (SSSR count). The molecule has 0 saturated heterocycles. The lowest BCUT2D eigenvalue weighted by Crippen LogP contribution is -2.41. The van der Waals surface area contributed by atoms with Crippen LogP contribution in [0.25, 0.3) is 0 Å². The summed E-state index contributed by atoms with van der Waals surface area (Å²) in [6.07, 6.45) is 4.57. The van der Waals surface area contributed by atoms with Crippen LogP contribution >= 0.6 is 22.0 Å². The molecule has 0 aliphatic heterocycles. The Bertz CT molecular complexity index is 570. The van der Waals surface area contributed by atoms with E-state index in [1.807, 2.05) is 0 Å². The fraction of sp³-hybridized carbons (Fsp3) is 0.583. The predicted molar refractivity (Wildman–Crippen MR) is 76.3 cm³/mol. The van der Waals surface area contributed by atoms with Crippen LogP contribution < -0.4 is 5.32 Å². The average Bonchev–Trinajstić information content (AvgIpc) is 2.76. The standard InChI is InChI=1S/C12H16ClNO3S2/c1-2-12(4-3-5-12)8-14-11(15)9-6-10(18-7-9)19(13,16)17/h6-7H,2-5,8H2,1H3,(H,14,15). The van der Waals surface area contributed by atoms with Crippen molar-refractivity contribution in [3.8, 4) is 0 Å². The summed E-state index contributed by atoms with van der Waals surface area (Å²) in [4.78, 5) is 11.9. The Balaban J connectivity index is 1.99. The van der Waals surface area contributed by atoms with Crippen LogP contribution in [0.2, 0.25) is 0 Å². The molecule has 0 unspecified atom stereocenters. The van der Waals surface area contributed by atoms with E-state index >= 15 is 0 Å². The largest absolute Gasteiger partial charge is 0.351 e. The molecule has 1 fully saturated rings. The van der Waals surface area contributed by atoms with Gasteiger partial charge in [-0.15, -0.1) is 11.3 Å². The third kappa shape index (κ3) is 3.30. The van der Waals surface area contributed by atoms with E-state index in [0.717, 1.165) is 30.6 Å². The lowest BCUT2D eigenvalue weighted by molar-refractivity contribution is 0.0850. The molecule has 1 saturated carbocycles. The van der Waals surface area contributed by atoms with Crippen molar-refractivity contribution in [2.45, 2.75) is 36.8 Å². The zero-order valence-electron chi connectivity index (χ0n) is 10.6. The van der Waals surface area contributed by atoms with Crippen molar-refractivity contribution in [2.75, 3.05) is 6.54 Å². The molecule has 0 radical (unpaired) electrons. The number of halogens is 1. The minimum Gasteiger partial charge on any atom is -0.351 e. The Hall–Kier alpha value is -0.590. The maximum Gasteiger partial charge on any atom is 0.270 e. The van der Waals surface area contributed by atoms with Crippen molar-refractivity contribution in [1.82, 2.24) is 5.32 Å². The van der Waals surface area contributed by atoms with Gasteiger partial charge in [0.15, 0.2) is 0 Å². The molecular formula is C12H16ClNO3S2. The molecule has 1 amide bonds. The lowest BCUT2D eigenvalue weighted by Gasteiger charge is -2.41. The van der Waals surface area contributed by atoms with Crippen LogP contribution in [0.5, 0.6) is 0 Å². The first-order chi connectivity index (χ1) is 8.86. The smallest absolute Gasteiger partial charge is 0.270 e. The molecule has 0 atom stereocenters. The fourth-order valence-corrected chi connectivity index (χ4v) is 4.21. The molecule has 0 spiro atoms. The lowest BCUT2D eigenvalue weighted by atomic mass is 9.67. The van der Waals surface area contributed by atoms with E-state index in [4.69, 9.17) is 10.7 Å². The number of amides is 1. The third-order valence-corrected chi connectivity index (χ3v) is 6.91. The highest BCUT2D eigenvalue weighted by Crippen LogP contribution is 2.43. The van der Waals surface area contributed by atoms with Crippen molar-refractivity contribution in [1.29, 1.82) is 0 Å². The van der Waals surface area contributed by atoms with Gasteiger partial charge in [0.25, 0.3) is 15.0 Å². The zero-order valence-corrected chi connectivity index (χ0v) is 13.0. The molecule has 7 heteroatoms. The summed E-state index contributed by atoms with van der Waals surface area (Å²) in [5, 5.41) is 4.41. The third-order valence-electron chi connectivity index (χ3n) is 3.87. The maximum absolute atomic E-state index is 11.9. The van der Waals surface area contributed by atoms with Crippen molar-refractivity contribution < 1.29 is 13.2 Å². The molecule has 19 heavy (non-hydrogen) atoms. The molecule has 0 aromatic carbocycles. The number of hydrogen-bond acceptors (Lipinski definition) is 4. The quantitative estimate of drug-likeness (QED) is 0.848. The summed E-state index contributed by atoms with van der Waals surface area (Å²) in [5.74, 6) is -0.234. The van der Waals surface area contributed by atoms with Gasteiger partial charge in [-0.1, -0.05) is 13.3 Å². The van der Waals surface area contributed by atoms with E-state index in [9.17, 15) is 13.2 Å². The Kier molecular flexibility index (Phi) is 4.23. The van der Waals surface area contributed by atoms with Crippen LogP contribution in [0.4, 0.5) is 0 Å². The first-order valence-electron chi connectivity index (χ1n) is 6.18. The van der Waals surface area contributed by atoms with Gasteiger partial charge in [0.05, 0.1) is 5.56 Å². The van der Waals surface area contributed by atoms with E-state index in [2.05, 4.69) is 12.2 Å². The second-order valence-electron chi connectivity index (χ2n) is 4.98. The summed E-state index contributed by atoms with van der Waals surface area (Å²) in [5.41, 5.74) is 0.599. The molecule has 1 N–H and O–H groups in total. The second kappa shape index (κ2) is 5.42. The van der Waals surface area contributed by atoms with E-state index in [0.29, 0.717) is 12.1 Å². The first kappa shape index (κ1) is 14.8. The van der Waals surface area contributed by atoms with Gasteiger partial charge in [0, 0.05) is 22.6 Å². The molecule has 0 bridgehead atoms. The number of carbonyl (C=O) groups is 1. The van der Waals surface area contributed by atoms with Gasteiger partial charge in [-0.2, -0.15) is 0 Å². The minimum absolute atomic E-state index is 0.00756. The summed E-state index contributed by atoms with van der Waals surface area (Å²) in [6, 6.07) is 1.32. The Morgan fingerprint density at radius 2 is 2.21 bits per heavy atom. The van der Waals surface area contributed by atoms with Crippen molar-refractivity contribution in [3.05, 3.63) is 17.0 Å². The minimum atomic E-state index is -3.75. The molecule has 1 heterocycles. The molecule has 1 aliphatic carbocycles. The summed E-state index contributed by atoms with van der Waals surface area (Å²) < 4.78 is 22.3. The molecule has 1 aliphatic rings. The summed E-state index contributed by atoms with van der Waals surface area (Å²) >= 11 is 0.963. The Morgan fingerprint density at radius 1 is 1.53 bits per heavy atom. The zero-order chi connectivity index (χ0) is 14.1. The monoisotopic (exact) mass is 321 g/mol. The van der Waals surface area contributed by atoms with Crippen molar-refractivity contribution in [3.63, 3.8) is 0 Å². The van der Waals surface area contributed by atoms with Gasteiger partial charge >= 0.3 is 0 Å². The fourth-order valence-electron chi connectivity index (χ4n) is 2.27. The van der Waals surface area contributed by atoms with Crippen LogP contribution in [0.15, 0.2) is 15.7 Å². The number of nitrogens with one attached hydrogen (secondary N) is 1. The number of carbonyl (C=O) groups excluding carboxylic acids is 1. The van der Waals surface area contributed by atoms with Gasteiger partial charge in [-0.05, 0) is 30.7 Å². The summed E-state index contributed by atoms with van der Waals surface area (Å²) in [6.45, 7) is 2.79. The van der Waals surface area contributed by atoms with Crippen LogP contribution in [0, 0.1) is 5.41 Å². The van der Waals surface area contributed by atoms with Crippen LogP contribution in [-0.2, 0) is 9.05 Å². The van der Waals surface area contributed by atoms with Gasteiger partial charge in [0.1, 0.15) is 4.21 Å². The molecule has 4 nitrogen and oxygen atoms in total. The molecule has 1 aromatic heterocycles. The average molecular weight is 322 g/mol. The topological polar surface area (TPSA) is 63.2 Å². The van der Waals surface area contributed by atoms with Gasteiger partial charge in [-0.3, -0.25) is 4.79 Å². The van der Waals surface area contributed by atoms with E-state index in [1.54, 1.807) is 0 Å². The van der Waals surface area contributed by atoms with Crippen molar-refractivity contribution >= 4 is 37.0 Å². The molecule has 1 aromatic rings. The second-order valence-corrected chi connectivity index (χ2v) is 8.69.